The molecule has 196 valence electrons. The van der Waals surface area contributed by atoms with Gasteiger partial charge in [-0.1, -0.05) is 6.07 Å². The highest BCUT2D eigenvalue weighted by Crippen LogP contribution is 2.35. The number of aryl methyl sites for hydroxylation is 1. The molecule has 1 amide bonds. The van der Waals surface area contributed by atoms with Crippen LogP contribution < -0.4 is 15.5 Å². The van der Waals surface area contributed by atoms with Crippen LogP contribution in [-0.2, 0) is 10.9 Å². The maximum Gasteiger partial charge on any atom is 0.435 e. The molecule has 0 spiro atoms. The maximum atomic E-state index is 15.6. The predicted molar refractivity (Wildman–Crippen MR) is 128 cm³/mol. The summed E-state index contributed by atoms with van der Waals surface area (Å²) >= 11 is 0. The number of aliphatic hydroxyl groups is 1. The number of amides is 1. The molecule has 0 saturated carbocycles. The Morgan fingerprint density at radius 2 is 1.92 bits per heavy atom. The number of hydrogen-bond acceptors (Lipinski definition) is 8. The molecule has 3 N–H and O–H groups in total. The van der Waals surface area contributed by atoms with Gasteiger partial charge in [-0.25, -0.2) is 9.37 Å². The number of aromatic nitrogens is 3. The van der Waals surface area contributed by atoms with Gasteiger partial charge in [0.05, 0.1) is 31.6 Å². The smallest absolute Gasteiger partial charge is 0.395 e. The molecule has 2 aromatic heterocycles. The van der Waals surface area contributed by atoms with Gasteiger partial charge in [-0.05, 0) is 42.3 Å². The van der Waals surface area contributed by atoms with Crippen LogP contribution in [0.5, 0.6) is 0 Å². The molecule has 1 fully saturated rings. The largest absolute Gasteiger partial charge is 0.435 e. The second-order valence-corrected chi connectivity index (χ2v) is 8.25. The van der Waals surface area contributed by atoms with Crippen molar-refractivity contribution in [2.24, 2.45) is 0 Å². The van der Waals surface area contributed by atoms with E-state index in [4.69, 9.17) is 4.74 Å². The lowest BCUT2D eigenvalue weighted by Gasteiger charge is -2.29. The molecule has 9 nitrogen and oxygen atoms in total. The lowest BCUT2D eigenvalue weighted by Crippen LogP contribution is -2.37. The number of benzene rings is 1. The average Bonchev–Trinajstić information content (AvgIpc) is 2.89. The number of morpholine rings is 1. The highest BCUT2D eigenvalue weighted by Gasteiger charge is 2.33. The number of anilines is 3. The second-order valence-electron chi connectivity index (χ2n) is 8.25. The lowest BCUT2D eigenvalue weighted by atomic mass is 9.99. The maximum absolute atomic E-state index is 15.6. The second kappa shape index (κ2) is 11.0. The van der Waals surface area contributed by atoms with Gasteiger partial charge >= 0.3 is 6.18 Å². The minimum Gasteiger partial charge on any atom is -0.395 e. The van der Waals surface area contributed by atoms with Gasteiger partial charge < -0.3 is 25.4 Å². The van der Waals surface area contributed by atoms with Crippen LogP contribution in [0.15, 0.2) is 36.5 Å². The summed E-state index contributed by atoms with van der Waals surface area (Å²) < 4.78 is 59.8. The number of hydrogen-bond donors (Lipinski definition) is 3. The first-order valence-electron chi connectivity index (χ1n) is 11.4. The number of pyridine rings is 1. The van der Waals surface area contributed by atoms with Crippen LogP contribution in [-0.4, -0.2) is 65.6 Å². The Labute approximate surface area is 209 Å². The Balaban J connectivity index is 1.69. The van der Waals surface area contributed by atoms with E-state index in [9.17, 15) is 23.1 Å². The van der Waals surface area contributed by atoms with Crippen molar-refractivity contribution in [3.63, 3.8) is 0 Å². The number of nitrogens with zero attached hydrogens (tertiary/aromatic N) is 4. The zero-order chi connectivity index (χ0) is 26.6. The summed E-state index contributed by atoms with van der Waals surface area (Å²) in [5.74, 6) is -1.00. The molecule has 1 saturated heterocycles. The summed E-state index contributed by atoms with van der Waals surface area (Å²) in [5.41, 5.74) is -0.0376. The predicted octanol–water partition coefficient (Wildman–Crippen LogP) is 3.50. The van der Waals surface area contributed by atoms with Gasteiger partial charge in [-0.2, -0.15) is 18.3 Å². The summed E-state index contributed by atoms with van der Waals surface area (Å²) in [7, 11) is 0. The molecule has 4 rings (SSSR count). The van der Waals surface area contributed by atoms with E-state index in [-0.39, 0.29) is 35.8 Å². The normalized spacial score (nSPS) is 13.9. The first-order chi connectivity index (χ1) is 17.7. The van der Waals surface area contributed by atoms with Gasteiger partial charge in [0.1, 0.15) is 5.82 Å². The van der Waals surface area contributed by atoms with Crippen molar-refractivity contribution >= 4 is 23.2 Å². The molecule has 1 aromatic carbocycles. The Kier molecular flexibility index (Phi) is 7.83. The van der Waals surface area contributed by atoms with Crippen LogP contribution in [0.3, 0.4) is 0 Å². The molecule has 1 aliphatic rings. The average molecular weight is 520 g/mol. The van der Waals surface area contributed by atoms with Crippen molar-refractivity contribution in [1.29, 1.82) is 0 Å². The number of alkyl halides is 3. The number of carbonyl (C=O) groups is 1. The molecule has 0 unspecified atom stereocenters. The molecule has 0 radical (unpaired) electrons. The molecule has 0 atom stereocenters. The Bertz CT molecular complexity index is 1280. The van der Waals surface area contributed by atoms with Gasteiger partial charge in [0, 0.05) is 30.9 Å². The van der Waals surface area contributed by atoms with E-state index >= 15 is 4.39 Å². The minimum atomic E-state index is -4.75. The third-order valence-corrected chi connectivity index (χ3v) is 5.68. The van der Waals surface area contributed by atoms with Crippen molar-refractivity contribution in [1.82, 2.24) is 15.2 Å². The molecule has 0 aliphatic carbocycles. The molecule has 0 bridgehead atoms. The van der Waals surface area contributed by atoms with E-state index in [1.807, 2.05) is 4.90 Å². The fraction of sp³-hybridized carbons (Fsp3) is 0.333. The highest BCUT2D eigenvalue weighted by molar-refractivity contribution is 6.04. The number of aliphatic hydroxyl groups excluding tert-OH is 1. The summed E-state index contributed by atoms with van der Waals surface area (Å²) in [6.07, 6.45) is -3.82. The molecular weight excluding hydrogens is 496 g/mol. The van der Waals surface area contributed by atoms with Gasteiger partial charge in [-0.15, -0.1) is 5.10 Å². The number of rotatable bonds is 7. The first kappa shape index (κ1) is 26.2. The van der Waals surface area contributed by atoms with Gasteiger partial charge in [0.2, 0.25) is 0 Å². The van der Waals surface area contributed by atoms with Crippen LogP contribution >= 0.6 is 0 Å². The molecule has 37 heavy (non-hydrogen) atoms. The van der Waals surface area contributed by atoms with Crippen LogP contribution in [0.2, 0.25) is 0 Å². The summed E-state index contributed by atoms with van der Waals surface area (Å²) in [6.45, 7) is 3.74. The standard InChI is InChI=1S/C24H24F4N6O3/c1-14-2-3-16(31-23(36)15-10-19(24(26,27)28)33-30-13-15)11-17(14)18-12-20(34-5-8-37-9-6-34)32-22(21(18)25)29-4-7-35/h2-3,10-13,35H,4-9H2,1H3,(H,29,32)(H,31,36). The first-order valence-corrected chi connectivity index (χ1v) is 11.4. The number of carbonyl (C=O) groups excluding carboxylic acids is 1. The van der Waals surface area contributed by atoms with Crippen molar-refractivity contribution in [3.05, 3.63) is 59.2 Å². The van der Waals surface area contributed by atoms with E-state index < -0.39 is 23.6 Å². The zero-order valence-electron chi connectivity index (χ0n) is 19.8. The molecule has 3 aromatic rings. The summed E-state index contributed by atoms with van der Waals surface area (Å²) in [6, 6.07) is 6.95. The van der Waals surface area contributed by atoms with Crippen LogP contribution in [0.4, 0.5) is 34.9 Å². The fourth-order valence-corrected chi connectivity index (χ4v) is 3.78. The molecule has 3 heterocycles. The third-order valence-electron chi connectivity index (χ3n) is 5.68. The van der Waals surface area contributed by atoms with Crippen molar-refractivity contribution in [2.75, 3.05) is 55.0 Å². The number of halogens is 4. The van der Waals surface area contributed by atoms with E-state index in [0.717, 1.165) is 6.20 Å². The fourth-order valence-electron chi connectivity index (χ4n) is 3.78. The number of nitrogens with one attached hydrogen (secondary N) is 2. The highest BCUT2D eigenvalue weighted by atomic mass is 19.4. The van der Waals surface area contributed by atoms with E-state index in [2.05, 4.69) is 25.8 Å². The van der Waals surface area contributed by atoms with Crippen molar-refractivity contribution in [3.8, 4) is 11.1 Å². The minimum absolute atomic E-state index is 0.0376. The summed E-state index contributed by atoms with van der Waals surface area (Å²) in [5, 5.41) is 20.8. The lowest BCUT2D eigenvalue weighted by molar-refractivity contribution is -0.141. The third kappa shape index (κ3) is 6.12. The zero-order valence-corrected chi connectivity index (χ0v) is 19.8. The van der Waals surface area contributed by atoms with Crippen molar-refractivity contribution < 1.29 is 32.2 Å². The van der Waals surface area contributed by atoms with E-state index in [1.54, 1.807) is 25.1 Å². The molecule has 13 heteroatoms. The van der Waals surface area contributed by atoms with Crippen LogP contribution in [0.25, 0.3) is 11.1 Å². The Morgan fingerprint density at radius 3 is 2.62 bits per heavy atom. The van der Waals surface area contributed by atoms with E-state index in [0.29, 0.717) is 49.3 Å². The summed E-state index contributed by atoms with van der Waals surface area (Å²) in [4.78, 5) is 19.0. The molecule has 1 aliphatic heterocycles. The van der Waals surface area contributed by atoms with Gasteiger partial charge in [0.25, 0.3) is 5.91 Å². The van der Waals surface area contributed by atoms with Gasteiger partial charge in [-0.3, -0.25) is 4.79 Å². The Hall–Kier alpha value is -3.84. The van der Waals surface area contributed by atoms with Crippen molar-refractivity contribution in [2.45, 2.75) is 13.1 Å². The molecular formula is C24H24F4N6O3. The number of ether oxygens (including phenoxy) is 1. The van der Waals surface area contributed by atoms with E-state index in [1.165, 1.54) is 6.07 Å². The quantitative estimate of drug-likeness (QED) is 0.406. The SMILES string of the molecule is Cc1ccc(NC(=O)c2cnnc(C(F)(F)F)c2)cc1-c1cc(N2CCOCC2)nc(NCCO)c1F. The Morgan fingerprint density at radius 1 is 1.16 bits per heavy atom. The van der Waals surface area contributed by atoms with Crippen LogP contribution in [0, 0.1) is 12.7 Å². The topological polar surface area (TPSA) is 113 Å². The van der Waals surface area contributed by atoms with Gasteiger partial charge in [0.15, 0.2) is 17.3 Å². The monoisotopic (exact) mass is 520 g/mol. The van der Waals surface area contributed by atoms with Crippen LogP contribution in [0.1, 0.15) is 21.6 Å².